The molecule has 2 rings (SSSR count). The molecule has 112 valence electrons. The lowest BCUT2D eigenvalue weighted by Crippen LogP contribution is -2.32. The average Bonchev–Trinajstić information content (AvgIpc) is 2.47. The summed E-state index contributed by atoms with van der Waals surface area (Å²) >= 11 is 3.33. The Morgan fingerprint density at radius 2 is 2.05 bits per heavy atom. The molecule has 2 atom stereocenters. The number of ether oxygens (including phenoxy) is 1. The van der Waals surface area contributed by atoms with Gasteiger partial charge < -0.3 is 9.84 Å². The third-order valence-electron chi connectivity index (χ3n) is 4.06. The molecule has 0 radical (unpaired) electrons. The first-order valence-corrected chi connectivity index (χ1v) is 8.17. The zero-order chi connectivity index (χ0) is 14.5. The molecule has 1 fully saturated rings. The van der Waals surface area contributed by atoms with Crippen LogP contribution in [0.25, 0.3) is 0 Å². The molecule has 2 unspecified atom stereocenters. The van der Waals surface area contributed by atoms with Crippen molar-refractivity contribution in [2.45, 2.75) is 51.2 Å². The van der Waals surface area contributed by atoms with Gasteiger partial charge in [-0.3, -0.25) is 0 Å². The number of hydrogen-bond acceptors (Lipinski definition) is 2. The molecule has 1 aromatic carbocycles. The van der Waals surface area contributed by atoms with Gasteiger partial charge in [0.15, 0.2) is 0 Å². The fourth-order valence-electron chi connectivity index (χ4n) is 3.06. The minimum atomic E-state index is -0.907. The second kappa shape index (κ2) is 7.53. The molecular formula is C16H22BrFO2. The first-order valence-electron chi connectivity index (χ1n) is 7.38. The third-order valence-corrected chi connectivity index (χ3v) is 4.55. The van der Waals surface area contributed by atoms with Crippen LogP contribution in [-0.2, 0) is 4.74 Å². The highest BCUT2D eigenvalue weighted by atomic mass is 79.9. The van der Waals surface area contributed by atoms with Crippen LogP contribution in [0.1, 0.15) is 50.7 Å². The molecule has 0 heterocycles. The lowest BCUT2D eigenvalue weighted by Gasteiger charge is -2.33. The molecule has 1 aliphatic carbocycles. The monoisotopic (exact) mass is 344 g/mol. The minimum absolute atomic E-state index is 0.316. The van der Waals surface area contributed by atoms with Crippen molar-refractivity contribution in [3.8, 4) is 0 Å². The molecule has 1 saturated carbocycles. The first-order chi connectivity index (χ1) is 9.63. The summed E-state index contributed by atoms with van der Waals surface area (Å²) < 4.78 is 20.5. The van der Waals surface area contributed by atoms with Crippen LogP contribution in [0.5, 0.6) is 0 Å². The minimum Gasteiger partial charge on any atom is -0.386 e. The molecule has 0 spiro atoms. The zero-order valence-electron chi connectivity index (χ0n) is 11.8. The molecule has 4 heteroatoms. The summed E-state index contributed by atoms with van der Waals surface area (Å²) in [5.74, 6) is -0.0571. The predicted molar refractivity (Wildman–Crippen MR) is 81.0 cm³/mol. The molecule has 2 nitrogen and oxygen atoms in total. The van der Waals surface area contributed by atoms with Gasteiger partial charge in [0.05, 0.1) is 6.10 Å². The largest absolute Gasteiger partial charge is 0.386 e. The lowest BCUT2D eigenvalue weighted by molar-refractivity contribution is -0.0750. The van der Waals surface area contributed by atoms with Crippen LogP contribution in [0.4, 0.5) is 4.39 Å². The number of hydrogen-bond donors (Lipinski definition) is 1. The van der Waals surface area contributed by atoms with Crippen LogP contribution in [-0.4, -0.2) is 17.8 Å². The molecule has 20 heavy (non-hydrogen) atoms. The molecule has 1 N–H and O–H groups in total. The third kappa shape index (κ3) is 3.80. The highest BCUT2D eigenvalue weighted by Gasteiger charge is 2.32. The van der Waals surface area contributed by atoms with E-state index in [0.29, 0.717) is 18.1 Å². The maximum Gasteiger partial charge on any atom is 0.129 e. The SMILES string of the molecule is CCOC(C1CCCCC1)C(O)c1cc(Br)ccc1F. The van der Waals surface area contributed by atoms with Gasteiger partial charge in [0, 0.05) is 16.6 Å². The van der Waals surface area contributed by atoms with Crippen molar-refractivity contribution in [3.05, 3.63) is 34.1 Å². The van der Waals surface area contributed by atoms with Crippen LogP contribution in [0.15, 0.2) is 22.7 Å². The Morgan fingerprint density at radius 3 is 2.70 bits per heavy atom. The van der Waals surface area contributed by atoms with E-state index in [1.54, 1.807) is 12.1 Å². The lowest BCUT2D eigenvalue weighted by atomic mass is 9.82. The van der Waals surface area contributed by atoms with Gasteiger partial charge in [-0.05, 0) is 43.9 Å². The normalized spacial score (nSPS) is 19.8. The highest BCUT2D eigenvalue weighted by Crippen LogP contribution is 2.35. The van der Waals surface area contributed by atoms with Gasteiger partial charge in [0.2, 0.25) is 0 Å². The summed E-state index contributed by atoms with van der Waals surface area (Å²) in [5.41, 5.74) is 0.323. The highest BCUT2D eigenvalue weighted by molar-refractivity contribution is 9.10. The van der Waals surface area contributed by atoms with E-state index in [2.05, 4.69) is 15.9 Å². The summed E-state index contributed by atoms with van der Waals surface area (Å²) in [5, 5.41) is 10.6. The average molecular weight is 345 g/mol. The molecule has 0 aromatic heterocycles. The number of rotatable bonds is 5. The van der Waals surface area contributed by atoms with E-state index in [0.717, 1.165) is 17.3 Å². The molecule has 0 aliphatic heterocycles. The van der Waals surface area contributed by atoms with E-state index in [1.165, 1.54) is 25.3 Å². The van der Waals surface area contributed by atoms with Gasteiger partial charge in [0.1, 0.15) is 11.9 Å². The number of aliphatic hydroxyl groups is 1. The van der Waals surface area contributed by atoms with Crippen molar-refractivity contribution >= 4 is 15.9 Å². The van der Waals surface area contributed by atoms with Crippen LogP contribution in [0.2, 0.25) is 0 Å². The number of aliphatic hydroxyl groups excluding tert-OH is 1. The second-order valence-corrected chi connectivity index (χ2v) is 6.34. The zero-order valence-corrected chi connectivity index (χ0v) is 13.4. The molecule has 0 amide bonds. The van der Waals surface area contributed by atoms with E-state index in [1.807, 2.05) is 6.92 Å². The van der Waals surface area contributed by atoms with Gasteiger partial charge in [0.25, 0.3) is 0 Å². The fraction of sp³-hybridized carbons (Fsp3) is 0.625. The van der Waals surface area contributed by atoms with Crippen molar-refractivity contribution in [3.63, 3.8) is 0 Å². The quantitative estimate of drug-likeness (QED) is 0.845. The van der Waals surface area contributed by atoms with Gasteiger partial charge in [-0.25, -0.2) is 4.39 Å². The Morgan fingerprint density at radius 1 is 1.35 bits per heavy atom. The first kappa shape index (κ1) is 15.9. The van der Waals surface area contributed by atoms with Crippen molar-refractivity contribution in [2.24, 2.45) is 5.92 Å². The Balaban J connectivity index is 2.20. The van der Waals surface area contributed by atoms with Gasteiger partial charge in [-0.15, -0.1) is 0 Å². The fourth-order valence-corrected chi connectivity index (χ4v) is 3.44. The van der Waals surface area contributed by atoms with E-state index >= 15 is 0 Å². The summed E-state index contributed by atoms with van der Waals surface area (Å²) in [6.45, 7) is 2.45. The van der Waals surface area contributed by atoms with E-state index in [4.69, 9.17) is 4.74 Å². The van der Waals surface area contributed by atoms with Crippen LogP contribution in [0, 0.1) is 11.7 Å². The predicted octanol–water partition coefficient (Wildman–Crippen LogP) is 4.61. The van der Waals surface area contributed by atoms with Crippen molar-refractivity contribution in [1.82, 2.24) is 0 Å². The number of halogens is 2. The Hall–Kier alpha value is -0.450. The van der Waals surface area contributed by atoms with Crippen molar-refractivity contribution in [1.29, 1.82) is 0 Å². The van der Waals surface area contributed by atoms with Crippen molar-refractivity contribution < 1.29 is 14.2 Å². The summed E-state index contributed by atoms with van der Waals surface area (Å²) in [6.07, 6.45) is 4.47. The van der Waals surface area contributed by atoms with Gasteiger partial charge >= 0.3 is 0 Å². The maximum atomic E-state index is 14.0. The van der Waals surface area contributed by atoms with Crippen LogP contribution < -0.4 is 0 Å². The Labute approximate surface area is 128 Å². The van der Waals surface area contributed by atoms with Gasteiger partial charge in [-0.2, -0.15) is 0 Å². The van der Waals surface area contributed by atoms with E-state index < -0.39 is 6.10 Å². The Bertz CT molecular complexity index is 432. The summed E-state index contributed by atoms with van der Waals surface area (Å²) in [4.78, 5) is 0. The maximum absolute atomic E-state index is 14.0. The van der Waals surface area contributed by atoms with Crippen molar-refractivity contribution in [2.75, 3.05) is 6.61 Å². The molecule has 0 saturated heterocycles. The van der Waals surface area contributed by atoms with Crippen LogP contribution in [0.3, 0.4) is 0 Å². The topological polar surface area (TPSA) is 29.5 Å². The standard InChI is InChI=1S/C16H22BrFO2/c1-2-20-16(11-6-4-3-5-7-11)15(19)13-10-12(17)8-9-14(13)18/h8-11,15-16,19H,2-7H2,1H3. The van der Waals surface area contributed by atoms with E-state index in [-0.39, 0.29) is 11.9 Å². The summed E-state index contributed by atoms with van der Waals surface area (Å²) in [7, 11) is 0. The number of benzene rings is 1. The van der Waals surface area contributed by atoms with Crippen LogP contribution >= 0.6 is 15.9 Å². The molecular weight excluding hydrogens is 323 g/mol. The second-order valence-electron chi connectivity index (χ2n) is 5.43. The smallest absolute Gasteiger partial charge is 0.129 e. The molecule has 1 aliphatic rings. The Kier molecular flexibility index (Phi) is 6.00. The summed E-state index contributed by atoms with van der Waals surface area (Å²) in [6, 6.07) is 4.67. The molecule has 1 aromatic rings. The molecule has 0 bridgehead atoms. The van der Waals surface area contributed by atoms with E-state index in [9.17, 15) is 9.50 Å². The van der Waals surface area contributed by atoms with Gasteiger partial charge in [-0.1, -0.05) is 35.2 Å².